The highest BCUT2D eigenvalue weighted by molar-refractivity contribution is 5.93. The number of esters is 2. The molecule has 6 heteroatoms. The molecule has 1 saturated carbocycles. The van der Waals surface area contributed by atoms with Crippen LogP contribution in [-0.2, 0) is 23.8 Å². The highest BCUT2D eigenvalue weighted by Gasteiger charge is 2.62. The van der Waals surface area contributed by atoms with Crippen LogP contribution in [0.25, 0.3) is 0 Å². The molecule has 5 atom stereocenters. The van der Waals surface area contributed by atoms with Crippen LogP contribution in [-0.4, -0.2) is 42.1 Å². The highest BCUT2D eigenvalue weighted by atomic mass is 16.7. The molecule has 0 aromatic rings. The molecule has 1 heterocycles. The van der Waals surface area contributed by atoms with Crippen LogP contribution in [0, 0.1) is 11.3 Å². The Morgan fingerprint density at radius 3 is 2.67 bits per heavy atom. The van der Waals surface area contributed by atoms with Gasteiger partial charge in [-0.25, -0.2) is 9.59 Å². The average molecular weight is 376 g/mol. The van der Waals surface area contributed by atoms with Crippen molar-refractivity contribution < 1.29 is 28.9 Å². The zero-order chi connectivity index (χ0) is 20.1. The van der Waals surface area contributed by atoms with Gasteiger partial charge in [0.15, 0.2) is 0 Å². The quantitative estimate of drug-likeness (QED) is 0.463. The molecule has 3 aliphatic rings. The van der Waals surface area contributed by atoms with E-state index in [2.05, 4.69) is 0 Å². The second-order valence-electron chi connectivity index (χ2n) is 8.20. The first-order chi connectivity index (χ1) is 12.6. The lowest BCUT2D eigenvalue weighted by molar-refractivity contribution is -0.208. The fourth-order valence-electron chi connectivity index (χ4n) is 4.61. The topological polar surface area (TPSA) is 82.1 Å². The highest BCUT2D eigenvalue weighted by Crippen LogP contribution is 2.58. The van der Waals surface area contributed by atoms with Gasteiger partial charge in [0.1, 0.15) is 6.10 Å². The molecule has 0 spiro atoms. The fourth-order valence-corrected chi connectivity index (χ4v) is 4.61. The van der Waals surface area contributed by atoms with E-state index in [-0.39, 0.29) is 18.0 Å². The summed E-state index contributed by atoms with van der Waals surface area (Å²) in [6, 6.07) is 0. The van der Waals surface area contributed by atoms with E-state index in [0.29, 0.717) is 24.0 Å². The molecule has 1 aliphatic heterocycles. The van der Waals surface area contributed by atoms with E-state index in [1.54, 1.807) is 6.92 Å². The minimum Gasteiger partial charge on any atom is -0.459 e. The van der Waals surface area contributed by atoms with Crippen molar-refractivity contribution in [2.24, 2.45) is 11.3 Å². The standard InChI is InChI=1S/C21H28O6/c1-11(2)9-16(22)26-15-8-7-14-10-21(25-6)17(12(3)19(24)27-21)18(23)20(14,5)13(15)4/h7,9,13,15,18,23H,8,10H2,1-6H3/t13-,15-,18+,20+,21+/m0/s1. The Hall–Kier alpha value is -1.92. The van der Waals surface area contributed by atoms with Gasteiger partial charge in [0.05, 0.1) is 6.10 Å². The Kier molecular flexibility index (Phi) is 4.85. The van der Waals surface area contributed by atoms with E-state index in [4.69, 9.17) is 14.2 Å². The van der Waals surface area contributed by atoms with Crippen LogP contribution >= 0.6 is 0 Å². The Bertz CT molecular complexity index is 772. The number of carbonyl (C=O) groups excluding carboxylic acids is 2. The molecule has 0 aromatic carbocycles. The van der Waals surface area contributed by atoms with E-state index >= 15 is 0 Å². The summed E-state index contributed by atoms with van der Waals surface area (Å²) in [5.74, 6) is -2.23. The molecule has 0 bridgehead atoms. The predicted molar refractivity (Wildman–Crippen MR) is 98.4 cm³/mol. The number of aliphatic hydroxyl groups excluding tert-OH is 1. The van der Waals surface area contributed by atoms with Gasteiger partial charge < -0.3 is 19.3 Å². The molecule has 0 radical (unpaired) electrons. The smallest absolute Gasteiger partial charge is 0.336 e. The molecule has 2 aliphatic carbocycles. The number of aliphatic hydroxyl groups is 1. The van der Waals surface area contributed by atoms with Crippen LogP contribution in [0.1, 0.15) is 47.5 Å². The second kappa shape index (κ2) is 6.60. The number of carbonyl (C=O) groups is 2. The van der Waals surface area contributed by atoms with Gasteiger partial charge in [-0.1, -0.05) is 31.1 Å². The molecule has 148 valence electrons. The maximum atomic E-state index is 12.2. The third-order valence-electron chi connectivity index (χ3n) is 6.44. The molecule has 3 rings (SSSR count). The van der Waals surface area contributed by atoms with Gasteiger partial charge >= 0.3 is 11.9 Å². The van der Waals surface area contributed by atoms with Gasteiger partial charge in [-0.15, -0.1) is 0 Å². The summed E-state index contributed by atoms with van der Waals surface area (Å²) in [5, 5.41) is 11.3. The number of hydrogen-bond acceptors (Lipinski definition) is 6. The number of rotatable bonds is 3. The number of ether oxygens (including phenoxy) is 3. The number of hydrogen-bond donors (Lipinski definition) is 1. The molecule has 0 amide bonds. The van der Waals surface area contributed by atoms with Crippen LogP contribution in [0.3, 0.4) is 0 Å². The minimum absolute atomic E-state index is 0.145. The summed E-state index contributed by atoms with van der Waals surface area (Å²) >= 11 is 0. The number of fused-ring (bicyclic) bond motifs is 2. The van der Waals surface area contributed by atoms with Crippen LogP contribution in [0.2, 0.25) is 0 Å². The summed E-state index contributed by atoms with van der Waals surface area (Å²) < 4.78 is 16.8. The first-order valence-corrected chi connectivity index (χ1v) is 9.29. The molecular formula is C21H28O6. The molecule has 27 heavy (non-hydrogen) atoms. The van der Waals surface area contributed by atoms with Crippen molar-refractivity contribution in [3.05, 3.63) is 34.4 Å². The Morgan fingerprint density at radius 2 is 2.07 bits per heavy atom. The Morgan fingerprint density at radius 1 is 1.41 bits per heavy atom. The van der Waals surface area contributed by atoms with Gasteiger partial charge in [0, 0.05) is 48.5 Å². The molecule has 0 saturated heterocycles. The third kappa shape index (κ3) is 2.86. The van der Waals surface area contributed by atoms with E-state index in [0.717, 1.165) is 11.1 Å². The normalized spacial score (nSPS) is 37.8. The van der Waals surface area contributed by atoms with Crippen LogP contribution < -0.4 is 0 Å². The van der Waals surface area contributed by atoms with Crippen LogP contribution in [0.5, 0.6) is 0 Å². The van der Waals surface area contributed by atoms with E-state index in [9.17, 15) is 14.7 Å². The van der Waals surface area contributed by atoms with E-state index in [1.807, 2.05) is 33.8 Å². The zero-order valence-corrected chi connectivity index (χ0v) is 16.8. The van der Waals surface area contributed by atoms with Crippen molar-refractivity contribution >= 4 is 11.9 Å². The lowest BCUT2D eigenvalue weighted by Gasteiger charge is -2.53. The van der Waals surface area contributed by atoms with Crippen LogP contribution in [0.15, 0.2) is 34.4 Å². The fraction of sp³-hybridized carbons (Fsp3) is 0.619. The summed E-state index contributed by atoms with van der Waals surface area (Å²) in [6.45, 7) is 9.26. The summed E-state index contributed by atoms with van der Waals surface area (Å²) in [6.07, 6.45) is 3.05. The summed E-state index contributed by atoms with van der Waals surface area (Å²) in [5.41, 5.74) is 2.03. The maximum absolute atomic E-state index is 12.2. The first-order valence-electron chi connectivity index (χ1n) is 9.29. The van der Waals surface area contributed by atoms with Gasteiger partial charge in [-0.05, 0) is 20.8 Å². The SMILES string of the molecule is CO[C@@]12CC3=CC[C@H](OC(=O)C=C(C)C)[C@H](C)[C@@]3(C)[C@H](O)C1=C(C)C(=O)O2. The molecule has 0 aromatic heterocycles. The van der Waals surface area contributed by atoms with E-state index in [1.165, 1.54) is 13.2 Å². The summed E-state index contributed by atoms with van der Waals surface area (Å²) in [4.78, 5) is 24.3. The van der Waals surface area contributed by atoms with Gasteiger partial charge in [-0.2, -0.15) is 0 Å². The van der Waals surface area contributed by atoms with Crippen molar-refractivity contribution in [3.63, 3.8) is 0 Å². The average Bonchev–Trinajstić information content (AvgIpc) is 2.84. The first kappa shape index (κ1) is 19.8. The molecule has 1 N–H and O–H groups in total. The lowest BCUT2D eigenvalue weighted by Crippen LogP contribution is -2.57. The van der Waals surface area contributed by atoms with Crippen LogP contribution in [0.4, 0.5) is 0 Å². The van der Waals surface area contributed by atoms with Crippen molar-refractivity contribution in [2.75, 3.05) is 7.11 Å². The Labute approximate surface area is 159 Å². The number of allylic oxidation sites excluding steroid dienone is 1. The molecule has 1 fully saturated rings. The largest absolute Gasteiger partial charge is 0.459 e. The van der Waals surface area contributed by atoms with Crippen molar-refractivity contribution in [1.82, 2.24) is 0 Å². The second-order valence-corrected chi connectivity index (χ2v) is 8.20. The van der Waals surface area contributed by atoms with E-state index < -0.39 is 23.3 Å². The van der Waals surface area contributed by atoms with Gasteiger partial charge in [0.25, 0.3) is 0 Å². The Balaban J connectivity index is 1.99. The lowest BCUT2D eigenvalue weighted by atomic mass is 9.56. The number of methoxy groups -OCH3 is 1. The zero-order valence-electron chi connectivity index (χ0n) is 16.8. The monoisotopic (exact) mass is 376 g/mol. The molecular weight excluding hydrogens is 348 g/mol. The maximum Gasteiger partial charge on any atom is 0.336 e. The van der Waals surface area contributed by atoms with Crippen molar-refractivity contribution in [2.45, 2.75) is 65.5 Å². The van der Waals surface area contributed by atoms with Gasteiger partial charge in [0.2, 0.25) is 5.79 Å². The minimum atomic E-state index is -1.24. The summed E-state index contributed by atoms with van der Waals surface area (Å²) in [7, 11) is 1.48. The van der Waals surface area contributed by atoms with Crippen molar-refractivity contribution in [1.29, 1.82) is 0 Å². The predicted octanol–water partition coefficient (Wildman–Crippen LogP) is 2.82. The molecule has 0 unspecified atom stereocenters. The molecule has 6 nitrogen and oxygen atoms in total. The third-order valence-corrected chi connectivity index (χ3v) is 6.44. The van der Waals surface area contributed by atoms with Crippen molar-refractivity contribution in [3.8, 4) is 0 Å². The van der Waals surface area contributed by atoms with Gasteiger partial charge in [-0.3, -0.25) is 0 Å².